The highest BCUT2D eigenvalue weighted by atomic mass is 35.5. The lowest BCUT2D eigenvalue weighted by Gasteiger charge is -2.51. The van der Waals surface area contributed by atoms with Crippen LogP contribution in [0.2, 0.25) is 10.0 Å². The van der Waals surface area contributed by atoms with E-state index < -0.39 is 5.60 Å². The predicted octanol–water partition coefficient (Wildman–Crippen LogP) is 4.60. The van der Waals surface area contributed by atoms with Gasteiger partial charge in [-0.15, -0.1) is 0 Å². The number of nitrogens with zero attached hydrogens (tertiary/aromatic N) is 3. The molecule has 3 aliphatic rings. The van der Waals surface area contributed by atoms with Gasteiger partial charge >= 0.3 is 0 Å². The summed E-state index contributed by atoms with van der Waals surface area (Å²) in [6, 6.07) is 14.2. The summed E-state index contributed by atoms with van der Waals surface area (Å²) in [5.74, 6) is 0.0400. The molecule has 5 rings (SSSR count). The van der Waals surface area contributed by atoms with Crippen molar-refractivity contribution >= 4 is 40.5 Å². The second-order valence-electron chi connectivity index (χ2n) is 8.69. The summed E-state index contributed by atoms with van der Waals surface area (Å²) in [5, 5.41) is 1.21. The van der Waals surface area contributed by atoms with Crippen molar-refractivity contribution in [1.82, 2.24) is 4.90 Å². The molecule has 0 spiro atoms. The monoisotopic (exact) mass is 459 g/mol. The fourth-order valence-corrected chi connectivity index (χ4v) is 5.03. The van der Waals surface area contributed by atoms with Gasteiger partial charge in [-0.3, -0.25) is 9.69 Å². The van der Waals surface area contributed by atoms with Crippen molar-refractivity contribution < 1.29 is 9.53 Å². The lowest BCUT2D eigenvalue weighted by atomic mass is 9.91. The Bertz CT molecular complexity index is 989. The van der Waals surface area contributed by atoms with Crippen LogP contribution in [0.1, 0.15) is 25.3 Å². The molecular weight excluding hydrogens is 433 g/mol. The molecule has 0 aromatic heterocycles. The highest BCUT2D eigenvalue weighted by Gasteiger charge is 2.53. The second kappa shape index (κ2) is 8.28. The number of carbonyl (C=O) groups excluding carboxylic acids is 1. The summed E-state index contributed by atoms with van der Waals surface area (Å²) in [6.45, 7) is 5.97. The molecule has 1 amide bonds. The van der Waals surface area contributed by atoms with E-state index in [1.54, 1.807) is 12.1 Å². The van der Waals surface area contributed by atoms with E-state index in [2.05, 4.69) is 34.9 Å². The van der Waals surface area contributed by atoms with Gasteiger partial charge in [0.25, 0.3) is 5.91 Å². The molecule has 0 unspecified atom stereocenters. The largest absolute Gasteiger partial charge is 0.365 e. The van der Waals surface area contributed by atoms with Gasteiger partial charge in [0.2, 0.25) is 0 Å². The Labute approximate surface area is 193 Å². The Kier molecular flexibility index (Phi) is 5.63. The maximum atomic E-state index is 13.9. The normalized spacial score (nSPS) is 20.4. The van der Waals surface area contributed by atoms with Crippen LogP contribution < -0.4 is 9.80 Å². The summed E-state index contributed by atoms with van der Waals surface area (Å²) < 4.78 is 6.35. The van der Waals surface area contributed by atoms with Crippen molar-refractivity contribution in [3.8, 4) is 0 Å². The first kappa shape index (κ1) is 21.1. The number of halogens is 2. The van der Waals surface area contributed by atoms with Gasteiger partial charge < -0.3 is 14.5 Å². The Morgan fingerprint density at radius 3 is 2.55 bits per heavy atom. The summed E-state index contributed by atoms with van der Waals surface area (Å²) in [6.07, 6.45) is 2.47. The molecule has 0 atom stereocenters. The average molecular weight is 460 g/mol. The molecule has 1 saturated carbocycles. The number of benzene rings is 2. The molecule has 7 heteroatoms. The van der Waals surface area contributed by atoms with Gasteiger partial charge in [0, 0.05) is 42.3 Å². The van der Waals surface area contributed by atoms with Crippen molar-refractivity contribution in [1.29, 1.82) is 0 Å². The molecule has 2 fully saturated rings. The zero-order valence-corrected chi connectivity index (χ0v) is 19.2. The number of carbonyl (C=O) groups is 1. The molecule has 1 aliphatic carbocycles. The second-order valence-corrected chi connectivity index (χ2v) is 9.54. The highest BCUT2D eigenvalue weighted by Crippen LogP contribution is 2.41. The van der Waals surface area contributed by atoms with E-state index in [9.17, 15) is 4.79 Å². The number of hydrogen-bond donors (Lipinski definition) is 0. The Balaban J connectivity index is 1.40. The standard InChI is InChI=1S/C24H27Cl2N3O2/c1-2-27-15-24(16-27,31-14-17-13-18(25)7-10-20(17)26)23(30)29-12-11-28(19-8-9-19)21-5-3-4-6-22(21)29/h3-7,10,13,19H,2,8-9,11-12,14-16H2,1H3. The van der Waals surface area contributed by atoms with Gasteiger partial charge in [-0.25, -0.2) is 0 Å². The van der Waals surface area contributed by atoms with Crippen molar-refractivity contribution in [3.63, 3.8) is 0 Å². The molecule has 0 N–H and O–H groups in total. The molecule has 0 radical (unpaired) electrons. The zero-order chi connectivity index (χ0) is 21.6. The van der Waals surface area contributed by atoms with Gasteiger partial charge in [-0.2, -0.15) is 0 Å². The maximum Gasteiger partial charge on any atom is 0.262 e. The van der Waals surface area contributed by atoms with E-state index in [0.29, 0.717) is 35.7 Å². The lowest BCUT2D eigenvalue weighted by Crippen LogP contribution is -2.71. The van der Waals surface area contributed by atoms with Crippen molar-refractivity contribution in [2.45, 2.75) is 38.0 Å². The molecule has 2 heterocycles. The fraction of sp³-hybridized carbons (Fsp3) is 0.458. The molecule has 2 aromatic carbocycles. The molecule has 164 valence electrons. The topological polar surface area (TPSA) is 36.0 Å². The van der Waals surface area contributed by atoms with Crippen LogP contribution in [0.5, 0.6) is 0 Å². The molecule has 2 aliphatic heterocycles. The molecule has 0 bridgehead atoms. The molecule has 2 aromatic rings. The Hall–Kier alpha value is -1.79. The number of likely N-dealkylation sites (tertiary alicyclic amines) is 1. The number of hydrogen-bond acceptors (Lipinski definition) is 4. The quantitative estimate of drug-likeness (QED) is 0.632. The molecule has 31 heavy (non-hydrogen) atoms. The SMILES string of the molecule is CCN1CC(OCc2cc(Cl)ccc2Cl)(C(=O)N2CCN(C3CC3)c3ccccc32)C1. The van der Waals surface area contributed by atoms with Crippen LogP contribution in [0, 0.1) is 0 Å². The molecular formula is C24H27Cl2N3O2. The first-order chi connectivity index (χ1) is 15.0. The van der Waals surface area contributed by atoms with Crippen LogP contribution >= 0.6 is 23.2 Å². The Morgan fingerprint density at radius 1 is 1.10 bits per heavy atom. The molecule has 1 saturated heterocycles. The maximum absolute atomic E-state index is 13.9. The predicted molar refractivity (Wildman–Crippen MR) is 125 cm³/mol. The highest BCUT2D eigenvalue weighted by molar-refractivity contribution is 6.33. The van der Waals surface area contributed by atoms with Crippen LogP contribution in [-0.4, -0.2) is 55.2 Å². The Morgan fingerprint density at radius 2 is 1.84 bits per heavy atom. The van der Waals surface area contributed by atoms with E-state index >= 15 is 0 Å². The van der Waals surface area contributed by atoms with E-state index in [-0.39, 0.29) is 12.5 Å². The summed E-state index contributed by atoms with van der Waals surface area (Å²) >= 11 is 12.5. The number of rotatable bonds is 6. The van der Waals surface area contributed by atoms with Gasteiger partial charge in [0.05, 0.1) is 18.0 Å². The van der Waals surface area contributed by atoms with Gasteiger partial charge in [-0.05, 0) is 55.3 Å². The van der Waals surface area contributed by atoms with E-state index in [1.165, 1.54) is 12.8 Å². The number of ether oxygens (including phenoxy) is 1. The number of amides is 1. The zero-order valence-electron chi connectivity index (χ0n) is 17.7. The van der Waals surface area contributed by atoms with Gasteiger partial charge in [-0.1, -0.05) is 42.3 Å². The minimum Gasteiger partial charge on any atom is -0.365 e. The number of para-hydroxylation sites is 2. The van der Waals surface area contributed by atoms with Crippen molar-refractivity contribution in [3.05, 3.63) is 58.1 Å². The minimum atomic E-state index is -0.865. The number of fused-ring (bicyclic) bond motifs is 1. The lowest BCUT2D eigenvalue weighted by molar-refractivity contribution is -0.174. The third kappa shape index (κ3) is 3.93. The van der Waals surface area contributed by atoms with Crippen LogP contribution in [0.25, 0.3) is 0 Å². The van der Waals surface area contributed by atoms with Gasteiger partial charge in [0.1, 0.15) is 0 Å². The summed E-state index contributed by atoms with van der Waals surface area (Å²) in [7, 11) is 0. The molecule has 5 nitrogen and oxygen atoms in total. The fourth-order valence-electron chi connectivity index (χ4n) is 4.66. The number of likely N-dealkylation sites (N-methyl/N-ethyl adjacent to an activating group) is 1. The van der Waals surface area contributed by atoms with Crippen LogP contribution in [-0.2, 0) is 16.1 Å². The average Bonchev–Trinajstić information content (AvgIpc) is 3.59. The van der Waals surface area contributed by atoms with Crippen molar-refractivity contribution in [2.75, 3.05) is 42.5 Å². The van der Waals surface area contributed by atoms with Gasteiger partial charge in [0.15, 0.2) is 5.60 Å². The third-order valence-corrected chi connectivity index (χ3v) is 7.19. The van der Waals surface area contributed by atoms with Crippen LogP contribution in [0.4, 0.5) is 11.4 Å². The van der Waals surface area contributed by atoms with Crippen LogP contribution in [0.15, 0.2) is 42.5 Å². The number of anilines is 2. The van der Waals surface area contributed by atoms with Crippen molar-refractivity contribution in [2.24, 2.45) is 0 Å². The van der Waals surface area contributed by atoms with Crippen LogP contribution in [0.3, 0.4) is 0 Å². The smallest absolute Gasteiger partial charge is 0.262 e. The first-order valence-electron chi connectivity index (χ1n) is 11.0. The summed E-state index contributed by atoms with van der Waals surface area (Å²) in [5.41, 5.74) is 2.08. The minimum absolute atomic E-state index is 0.0400. The first-order valence-corrected chi connectivity index (χ1v) is 11.7. The third-order valence-electron chi connectivity index (χ3n) is 6.59. The van der Waals surface area contributed by atoms with E-state index in [0.717, 1.165) is 30.0 Å². The van der Waals surface area contributed by atoms with E-state index in [1.807, 2.05) is 17.0 Å². The summed E-state index contributed by atoms with van der Waals surface area (Å²) in [4.78, 5) is 20.5. The van der Waals surface area contributed by atoms with E-state index in [4.69, 9.17) is 27.9 Å².